The maximum Gasteiger partial charge on any atom is 0.357 e. The molecular formula is C20H22N4O5S. The molecule has 2 heterocycles. The van der Waals surface area contributed by atoms with Gasteiger partial charge in [-0.15, -0.1) is 11.3 Å². The minimum Gasteiger partial charge on any atom is -0.464 e. The standard InChI is InChI=1S/C20H22N4O5S/c1-3-6-14-16(19(28)29-2)24-20(30-14)23-15(25)10-9-13-18(27)21-12-8-5-4-7-11(12)17(26)22-13/h4-5,7-8,13H,3,6,9-10H2,1-2H3,(H,21,27)(H,22,26)(H,23,24,25)/t13-/m0/s1. The summed E-state index contributed by atoms with van der Waals surface area (Å²) in [4.78, 5) is 53.9. The molecule has 3 N–H and O–H groups in total. The van der Waals surface area contributed by atoms with E-state index in [4.69, 9.17) is 4.74 Å². The molecule has 0 saturated carbocycles. The normalized spacial score (nSPS) is 15.5. The molecule has 0 radical (unpaired) electrons. The van der Waals surface area contributed by atoms with Gasteiger partial charge in [0.15, 0.2) is 10.8 Å². The van der Waals surface area contributed by atoms with Crippen LogP contribution >= 0.6 is 11.3 Å². The van der Waals surface area contributed by atoms with Crippen molar-refractivity contribution in [1.29, 1.82) is 0 Å². The van der Waals surface area contributed by atoms with Gasteiger partial charge in [-0.1, -0.05) is 25.5 Å². The molecule has 10 heteroatoms. The van der Waals surface area contributed by atoms with Crippen molar-refractivity contribution in [3.63, 3.8) is 0 Å². The second kappa shape index (κ2) is 9.49. The molecule has 0 fully saturated rings. The first kappa shape index (κ1) is 21.4. The average molecular weight is 430 g/mol. The number of para-hydroxylation sites is 1. The van der Waals surface area contributed by atoms with E-state index in [1.54, 1.807) is 24.3 Å². The van der Waals surface area contributed by atoms with Crippen molar-refractivity contribution in [2.75, 3.05) is 17.7 Å². The third-order valence-electron chi connectivity index (χ3n) is 4.51. The van der Waals surface area contributed by atoms with E-state index in [2.05, 4.69) is 20.9 Å². The zero-order chi connectivity index (χ0) is 21.7. The molecular weight excluding hydrogens is 408 g/mol. The van der Waals surface area contributed by atoms with E-state index in [9.17, 15) is 19.2 Å². The van der Waals surface area contributed by atoms with Gasteiger partial charge in [-0.05, 0) is 25.0 Å². The Morgan fingerprint density at radius 2 is 2.03 bits per heavy atom. The fraction of sp³-hybridized carbons (Fsp3) is 0.350. The van der Waals surface area contributed by atoms with Gasteiger partial charge in [0.05, 0.1) is 18.4 Å². The van der Waals surface area contributed by atoms with Crippen molar-refractivity contribution in [3.05, 3.63) is 40.4 Å². The molecule has 1 aromatic carbocycles. The number of aryl methyl sites for hydroxylation is 1. The SMILES string of the molecule is CCCc1sc(NC(=O)CC[C@@H]2NC(=O)c3ccccc3NC2=O)nc1C(=O)OC. The molecule has 9 nitrogen and oxygen atoms in total. The van der Waals surface area contributed by atoms with Crippen LogP contribution in [0.5, 0.6) is 0 Å². The molecule has 1 aliphatic heterocycles. The highest BCUT2D eigenvalue weighted by atomic mass is 32.1. The summed E-state index contributed by atoms with van der Waals surface area (Å²) in [6.45, 7) is 1.98. The molecule has 3 amide bonds. The number of hydrogen-bond donors (Lipinski definition) is 3. The molecule has 1 aromatic heterocycles. The van der Waals surface area contributed by atoms with Gasteiger partial charge in [0.2, 0.25) is 11.8 Å². The second-order valence-corrected chi connectivity index (χ2v) is 7.76. The lowest BCUT2D eigenvalue weighted by Gasteiger charge is -2.13. The number of thiazole rings is 1. The maximum absolute atomic E-state index is 12.4. The highest BCUT2D eigenvalue weighted by Gasteiger charge is 2.28. The molecule has 2 aromatic rings. The first-order valence-corrected chi connectivity index (χ1v) is 10.3. The molecule has 1 atom stereocenters. The monoisotopic (exact) mass is 430 g/mol. The number of nitrogens with zero attached hydrogens (tertiary/aromatic N) is 1. The number of nitrogens with one attached hydrogen (secondary N) is 3. The van der Waals surface area contributed by atoms with Crippen molar-refractivity contribution in [1.82, 2.24) is 10.3 Å². The van der Waals surface area contributed by atoms with Crippen molar-refractivity contribution in [2.24, 2.45) is 0 Å². The van der Waals surface area contributed by atoms with Crippen molar-refractivity contribution in [2.45, 2.75) is 38.6 Å². The number of amides is 3. The van der Waals surface area contributed by atoms with E-state index < -0.39 is 12.0 Å². The van der Waals surface area contributed by atoms with Crippen LogP contribution in [-0.2, 0) is 20.7 Å². The summed E-state index contributed by atoms with van der Waals surface area (Å²) in [6.07, 6.45) is 1.57. The van der Waals surface area contributed by atoms with Crippen LogP contribution in [-0.4, -0.2) is 41.8 Å². The Bertz CT molecular complexity index is 987. The van der Waals surface area contributed by atoms with Crippen LogP contribution in [0.3, 0.4) is 0 Å². The van der Waals surface area contributed by atoms with Crippen LogP contribution in [0.15, 0.2) is 24.3 Å². The number of hydrogen-bond acceptors (Lipinski definition) is 7. The van der Waals surface area contributed by atoms with Gasteiger partial charge in [-0.3, -0.25) is 14.4 Å². The highest BCUT2D eigenvalue weighted by Crippen LogP contribution is 2.25. The molecule has 0 unspecified atom stereocenters. The Hall–Kier alpha value is -3.27. The zero-order valence-corrected chi connectivity index (χ0v) is 17.4. The summed E-state index contributed by atoms with van der Waals surface area (Å²) >= 11 is 1.22. The lowest BCUT2D eigenvalue weighted by Crippen LogP contribution is -2.41. The van der Waals surface area contributed by atoms with E-state index in [1.165, 1.54) is 18.4 Å². The number of rotatable bonds is 7. The minimum atomic E-state index is -0.840. The first-order chi connectivity index (χ1) is 14.4. The number of benzene rings is 1. The highest BCUT2D eigenvalue weighted by molar-refractivity contribution is 7.16. The van der Waals surface area contributed by atoms with E-state index in [0.29, 0.717) is 22.8 Å². The van der Waals surface area contributed by atoms with Crippen LogP contribution < -0.4 is 16.0 Å². The summed E-state index contributed by atoms with van der Waals surface area (Å²) in [5, 5.41) is 8.31. The summed E-state index contributed by atoms with van der Waals surface area (Å²) in [5.41, 5.74) is 1.01. The first-order valence-electron chi connectivity index (χ1n) is 9.51. The Kier molecular flexibility index (Phi) is 6.78. The van der Waals surface area contributed by atoms with E-state index in [1.807, 2.05) is 6.92 Å². The molecule has 158 valence electrons. The van der Waals surface area contributed by atoms with E-state index >= 15 is 0 Å². The van der Waals surface area contributed by atoms with Gasteiger partial charge in [0.25, 0.3) is 5.91 Å². The predicted octanol–water partition coefficient (Wildman–Crippen LogP) is 2.35. The molecule has 1 aliphatic rings. The molecule has 0 saturated heterocycles. The third kappa shape index (κ3) is 4.82. The Labute approximate surface area is 177 Å². The van der Waals surface area contributed by atoms with Crippen LogP contribution in [0.4, 0.5) is 10.8 Å². The van der Waals surface area contributed by atoms with Crippen LogP contribution in [0, 0.1) is 0 Å². The number of carbonyl (C=O) groups excluding carboxylic acids is 4. The van der Waals surface area contributed by atoms with Gasteiger partial charge in [-0.25, -0.2) is 9.78 Å². The number of aromatic nitrogens is 1. The summed E-state index contributed by atoms with van der Waals surface area (Å²) in [7, 11) is 1.28. The van der Waals surface area contributed by atoms with Crippen molar-refractivity contribution >= 4 is 45.8 Å². The predicted molar refractivity (Wildman–Crippen MR) is 112 cm³/mol. The fourth-order valence-corrected chi connectivity index (χ4v) is 4.10. The van der Waals surface area contributed by atoms with Crippen molar-refractivity contribution < 1.29 is 23.9 Å². The van der Waals surface area contributed by atoms with Gasteiger partial charge >= 0.3 is 5.97 Å². The summed E-state index contributed by atoms with van der Waals surface area (Å²) in [6, 6.07) is 5.87. The van der Waals surface area contributed by atoms with Crippen molar-refractivity contribution in [3.8, 4) is 0 Å². The zero-order valence-electron chi connectivity index (χ0n) is 16.6. The maximum atomic E-state index is 12.4. The molecule has 0 spiro atoms. The summed E-state index contributed by atoms with van der Waals surface area (Å²) < 4.78 is 4.74. The lowest BCUT2D eigenvalue weighted by molar-refractivity contribution is -0.118. The Balaban J connectivity index is 1.62. The van der Waals surface area contributed by atoms with E-state index in [-0.39, 0.29) is 36.3 Å². The van der Waals surface area contributed by atoms with Gasteiger partial charge in [0, 0.05) is 11.3 Å². The molecule has 0 bridgehead atoms. The van der Waals surface area contributed by atoms with Crippen LogP contribution in [0.25, 0.3) is 0 Å². The largest absolute Gasteiger partial charge is 0.464 e. The van der Waals surface area contributed by atoms with Crippen LogP contribution in [0.1, 0.15) is 51.9 Å². The summed E-state index contributed by atoms with van der Waals surface area (Å²) in [5.74, 6) is -1.67. The van der Waals surface area contributed by atoms with E-state index in [0.717, 1.165) is 11.3 Å². The number of carbonyl (C=O) groups is 4. The minimum absolute atomic E-state index is 0.00897. The lowest BCUT2D eigenvalue weighted by atomic mass is 10.1. The Morgan fingerprint density at radius 3 is 2.77 bits per heavy atom. The molecule has 30 heavy (non-hydrogen) atoms. The number of anilines is 2. The Morgan fingerprint density at radius 1 is 1.27 bits per heavy atom. The van der Waals surface area contributed by atoms with Gasteiger partial charge in [0.1, 0.15) is 6.04 Å². The number of esters is 1. The van der Waals surface area contributed by atoms with Gasteiger partial charge < -0.3 is 20.7 Å². The second-order valence-electron chi connectivity index (χ2n) is 6.68. The van der Waals surface area contributed by atoms with Gasteiger partial charge in [-0.2, -0.15) is 0 Å². The third-order valence-corrected chi connectivity index (χ3v) is 5.54. The quantitative estimate of drug-likeness (QED) is 0.579. The van der Waals surface area contributed by atoms with Crippen LogP contribution in [0.2, 0.25) is 0 Å². The number of ether oxygens (including phenoxy) is 1. The topological polar surface area (TPSA) is 126 Å². The number of fused-ring (bicyclic) bond motifs is 1. The average Bonchev–Trinajstić information content (AvgIpc) is 3.07. The molecule has 0 aliphatic carbocycles. The number of methoxy groups -OCH3 is 1. The molecule has 3 rings (SSSR count). The smallest absolute Gasteiger partial charge is 0.357 e. The fourth-order valence-electron chi connectivity index (χ4n) is 3.03.